The smallest absolute Gasteiger partial charge is 0.331 e. The summed E-state index contributed by atoms with van der Waals surface area (Å²) in [5.41, 5.74) is 0.319. The molecule has 0 atom stereocenters. The van der Waals surface area contributed by atoms with Crippen molar-refractivity contribution in [3.05, 3.63) is 87.5 Å². The fraction of sp³-hybridized carbons (Fsp3) is 0.0476. The zero-order valence-corrected chi connectivity index (χ0v) is 16.2. The predicted octanol–water partition coefficient (Wildman–Crippen LogP) is 4.66. The number of amides is 1. The topological polar surface area (TPSA) is 98.5 Å². The van der Waals surface area contributed by atoms with Crippen LogP contribution in [0.2, 0.25) is 0 Å². The van der Waals surface area contributed by atoms with E-state index in [1.54, 1.807) is 6.08 Å². The molecule has 0 aliphatic rings. The number of nitro benzene ring substituents is 1. The molecule has 3 rings (SSSR count). The average molecular weight is 426 g/mol. The van der Waals surface area contributed by atoms with Crippen molar-refractivity contribution in [2.45, 2.75) is 0 Å². The lowest BCUT2D eigenvalue weighted by Crippen LogP contribution is -2.20. The Hall–Kier alpha value is -3.85. The van der Waals surface area contributed by atoms with Gasteiger partial charge in [0.2, 0.25) is 0 Å². The molecule has 1 N–H and O–H groups in total. The van der Waals surface area contributed by atoms with Crippen LogP contribution in [0.25, 0.3) is 16.5 Å². The second-order valence-electron chi connectivity index (χ2n) is 5.98. The normalized spacial score (nSPS) is 10.7. The summed E-state index contributed by atoms with van der Waals surface area (Å²) in [7, 11) is 0. The van der Waals surface area contributed by atoms with Crippen LogP contribution in [0.5, 0.6) is 0 Å². The van der Waals surface area contributed by atoms with Gasteiger partial charge >= 0.3 is 5.97 Å². The van der Waals surface area contributed by atoms with Gasteiger partial charge in [-0.2, -0.15) is 0 Å². The fourth-order valence-corrected chi connectivity index (χ4v) is 3.36. The second kappa shape index (κ2) is 9.57. The van der Waals surface area contributed by atoms with Crippen molar-refractivity contribution in [2.24, 2.45) is 0 Å². The summed E-state index contributed by atoms with van der Waals surface area (Å²) in [6.45, 7) is -0.662. The van der Waals surface area contributed by atoms with Gasteiger partial charge in [-0.3, -0.25) is 14.9 Å². The Morgan fingerprint density at radius 3 is 2.63 bits per heavy atom. The Morgan fingerprint density at radius 2 is 1.90 bits per heavy atom. The molecule has 0 spiro atoms. The molecule has 1 aromatic heterocycles. The predicted molar refractivity (Wildman–Crippen MR) is 111 cm³/mol. The average Bonchev–Trinajstić information content (AvgIpc) is 3.22. The lowest BCUT2D eigenvalue weighted by Gasteiger charge is -2.06. The number of carbonyl (C=O) groups excluding carboxylic acids is 2. The second-order valence-corrected chi connectivity index (χ2v) is 7.09. The highest BCUT2D eigenvalue weighted by Gasteiger charge is 2.14. The van der Waals surface area contributed by atoms with Crippen molar-refractivity contribution in [1.29, 1.82) is 0 Å². The minimum absolute atomic E-state index is 0.368. The van der Waals surface area contributed by atoms with E-state index in [2.05, 4.69) is 5.32 Å². The van der Waals surface area contributed by atoms with Crippen molar-refractivity contribution >= 4 is 40.7 Å². The molecular formula is C21H15FN2O5S. The van der Waals surface area contributed by atoms with Gasteiger partial charge in [0, 0.05) is 28.0 Å². The molecule has 9 heteroatoms. The van der Waals surface area contributed by atoms with Crippen LogP contribution >= 0.6 is 11.3 Å². The first-order valence-corrected chi connectivity index (χ1v) is 9.48. The molecule has 0 aliphatic carbocycles. The van der Waals surface area contributed by atoms with Crippen LogP contribution in [0.1, 0.15) is 4.88 Å². The summed E-state index contributed by atoms with van der Waals surface area (Å²) in [6.07, 6.45) is 2.75. The van der Waals surface area contributed by atoms with Crippen LogP contribution in [0.3, 0.4) is 0 Å². The zero-order chi connectivity index (χ0) is 21.5. The molecule has 0 bridgehead atoms. The Kier molecular flexibility index (Phi) is 6.66. The number of hydrogen-bond donors (Lipinski definition) is 1. The van der Waals surface area contributed by atoms with E-state index >= 15 is 0 Å². The van der Waals surface area contributed by atoms with Crippen molar-refractivity contribution < 1.29 is 23.6 Å². The number of nitro groups is 1. The molecule has 0 aliphatic heterocycles. The van der Waals surface area contributed by atoms with Gasteiger partial charge in [-0.15, -0.1) is 11.3 Å². The molecular weight excluding hydrogens is 411 g/mol. The molecule has 2 aromatic carbocycles. The number of ether oxygens (including phenoxy) is 1. The lowest BCUT2D eigenvalue weighted by molar-refractivity contribution is -0.384. The summed E-state index contributed by atoms with van der Waals surface area (Å²) >= 11 is 1.49. The summed E-state index contributed by atoms with van der Waals surface area (Å²) in [5, 5.41) is 12.9. The van der Waals surface area contributed by atoms with E-state index in [1.807, 2.05) is 42.5 Å². The standard InChI is InChI=1S/C21H15FN2O5S/c22-17-9-6-15(24(27)28)12-18(17)23-20(25)13-29-21(26)11-8-16-7-10-19(30-16)14-4-2-1-3-5-14/h1-12H,13H2,(H,23,25)/b11-8+. The van der Waals surface area contributed by atoms with Gasteiger partial charge < -0.3 is 10.1 Å². The number of non-ortho nitro benzene ring substituents is 1. The number of carbonyl (C=O) groups is 2. The molecule has 0 radical (unpaired) electrons. The van der Waals surface area contributed by atoms with Crippen LogP contribution in [-0.4, -0.2) is 23.4 Å². The van der Waals surface area contributed by atoms with E-state index in [4.69, 9.17) is 4.74 Å². The molecule has 0 saturated heterocycles. The number of nitrogens with zero attached hydrogens (tertiary/aromatic N) is 1. The first-order valence-electron chi connectivity index (χ1n) is 8.66. The number of hydrogen-bond acceptors (Lipinski definition) is 6. The van der Waals surface area contributed by atoms with E-state index in [0.29, 0.717) is 0 Å². The van der Waals surface area contributed by atoms with E-state index in [9.17, 15) is 24.1 Å². The minimum Gasteiger partial charge on any atom is -0.452 e. The highest BCUT2D eigenvalue weighted by atomic mass is 32.1. The van der Waals surface area contributed by atoms with Gasteiger partial charge in [-0.25, -0.2) is 9.18 Å². The van der Waals surface area contributed by atoms with Crippen LogP contribution in [0.4, 0.5) is 15.8 Å². The number of esters is 1. The number of thiophene rings is 1. The third kappa shape index (κ3) is 5.58. The van der Waals surface area contributed by atoms with Gasteiger partial charge in [0.25, 0.3) is 11.6 Å². The van der Waals surface area contributed by atoms with Crippen molar-refractivity contribution in [2.75, 3.05) is 11.9 Å². The minimum atomic E-state index is -0.841. The Balaban J connectivity index is 1.52. The molecule has 152 valence electrons. The maximum Gasteiger partial charge on any atom is 0.331 e. The molecule has 0 fully saturated rings. The van der Waals surface area contributed by atoms with Crippen LogP contribution in [0.15, 0.2) is 66.7 Å². The maximum atomic E-state index is 13.7. The van der Waals surface area contributed by atoms with Crippen molar-refractivity contribution in [3.63, 3.8) is 0 Å². The van der Waals surface area contributed by atoms with Crippen molar-refractivity contribution in [1.82, 2.24) is 0 Å². The fourth-order valence-electron chi connectivity index (χ4n) is 2.44. The number of rotatable bonds is 7. The first kappa shape index (κ1) is 20.9. The first-order chi connectivity index (χ1) is 14.4. The molecule has 0 unspecified atom stereocenters. The van der Waals surface area contributed by atoms with E-state index in [0.717, 1.165) is 33.5 Å². The molecule has 1 heterocycles. The summed E-state index contributed by atoms with van der Waals surface area (Å²) in [4.78, 5) is 35.5. The maximum absolute atomic E-state index is 13.7. The van der Waals surface area contributed by atoms with Gasteiger partial charge in [0.15, 0.2) is 6.61 Å². The van der Waals surface area contributed by atoms with Crippen molar-refractivity contribution in [3.8, 4) is 10.4 Å². The van der Waals surface area contributed by atoms with Gasteiger partial charge in [-0.05, 0) is 29.8 Å². The monoisotopic (exact) mass is 426 g/mol. The molecule has 1 amide bonds. The van der Waals surface area contributed by atoms with Gasteiger partial charge in [0.05, 0.1) is 10.6 Å². The lowest BCUT2D eigenvalue weighted by atomic mass is 10.2. The zero-order valence-electron chi connectivity index (χ0n) is 15.4. The largest absolute Gasteiger partial charge is 0.452 e. The number of anilines is 1. The quantitative estimate of drug-likeness (QED) is 0.256. The van der Waals surface area contributed by atoms with Crippen LogP contribution in [0, 0.1) is 15.9 Å². The third-order valence-corrected chi connectivity index (χ3v) is 4.95. The molecule has 30 heavy (non-hydrogen) atoms. The number of benzene rings is 2. The highest BCUT2D eigenvalue weighted by Crippen LogP contribution is 2.28. The summed E-state index contributed by atoms with van der Waals surface area (Å²) in [6, 6.07) is 16.3. The SMILES string of the molecule is O=C(COC(=O)/C=C/c1ccc(-c2ccccc2)s1)Nc1cc([N+](=O)[O-])ccc1F. The molecule has 0 saturated carbocycles. The van der Waals surface area contributed by atoms with E-state index < -0.39 is 29.2 Å². The van der Waals surface area contributed by atoms with E-state index in [-0.39, 0.29) is 11.4 Å². The highest BCUT2D eigenvalue weighted by molar-refractivity contribution is 7.16. The third-order valence-electron chi connectivity index (χ3n) is 3.85. The molecule has 7 nitrogen and oxygen atoms in total. The Morgan fingerprint density at radius 1 is 1.13 bits per heavy atom. The Bertz CT molecular complexity index is 1110. The number of halogens is 1. The summed E-state index contributed by atoms with van der Waals surface area (Å²) < 4.78 is 18.5. The van der Waals surface area contributed by atoms with Gasteiger partial charge in [0.1, 0.15) is 5.82 Å². The van der Waals surface area contributed by atoms with Crippen LogP contribution < -0.4 is 5.32 Å². The summed E-state index contributed by atoms with van der Waals surface area (Å²) in [5.74, 6) is -2.41. The van der Waals surface area contributed by atoms with E-state index in [1.165, 1.54) is 17.4 Å². The molecule has 3 aromatic rings. The van der Waals surface area contributed by atoms with Gasteiger partial charge in [-0.1, -0.05) is 30.3 Å². The van der Waals surface area contributed by atoms with Crippen LogP contribution in [-0.2, 0) is 14.3 Å². The number of nitrogens with one attached hydrogen (secondary N) is 1. The Labute approximate surface area is 174 Å².